The predicted octanol–water partition coefficient (Wildman–Crippen LogP) is 1.31. The number of hydrogen-bond donors (Lipinski definition) is 0. The second kappa shape index (κ2) is 4.87. The van der Waals surface area contributed by atoms with Crippen molar-refractivity contribution in [2.75, 3.05) is 13.4 Å². The molecule has 0 aliphatic rings. The third-order valence-corrected chi connectivity index (χ3v) is 2.69. The smallest absolute Gasteiger partial charge is 0.344 e. The molecule has 82 valence electrons. The number of nitrogens with zero attached hydrogens (tertiary/aromatic N) is 2. The van der Waals surface area contributed by atoms with Crippen molar-refractivity contribution < 1.29 is 13.7 Å². The molecule has 0 fully saturated rings. The minimum Gasteiger partial charge on any atom is -0.465 e. The molecule has 5 nitrogen and oxygen atoms in total. The molecule has 15 heavy (non-hydrogen) atoms. The summed E-state index contributed by atoms with van der Waals surface area (Å²) in [5.41, 5.74) is -0.130. The van der Waals surface area contributed by atoms with Gasteiger partial charge in [0.15, 0.2) is 0 Å². The van der Waals surface area contributed by atoms with Gasteiger partial charge in [0.05, 0.1) is 17.9 Å². The van der Waals surface area contributed by atoms with Crippen molar-refractivity contribution in [2.24, 2.45) is 0 Å². The van der Waals surface area contributed by atoms with Gasteiger partial charge in [-0.15, -0.1) is 0 Å². The summed E-state index contributed by atoms with van der Waals surface area (Å²) in [6, 6.07) is 0. The van der Waals surface area contributed by atoms with Crippen LogP contribution in [-0.4, -0.2) is 33.5 Å². The Bertz CT molecular complexity index is 415. The Balaban J connectivity index is 3.33. The van der Waals surface area contributed by atoms with Crippen LogP contribution in [0.3, 0.4) is 0 Å². The molecular weight excluding hydrogens is 263 g/mol. The summed E-state index contributed by atoms with van der Waals surface area (Å²) in [5.74, 6) is -0.738. The zero-order chi connectivity index (χ0) is 11.6. The van der Waals surface area contributed by atoms with Gasteiger partial charge in [-0.25, -0.2) is 14.8 Å². The Morgan fingerprint density at radius 2 is 1.80 bits per heavy atom. The van der Waals surface area contributed by atoms with Crippen LogP contribution in [0.5, 0.6) is 0 Å². The molecule has 0 N–H and O–H groups in total. The summed E-state index contributed by atoms with van der Waals surface area (Å²) in [4.78, 5) is 18.5. The highest BCUT2D eigenvalue weighted by molar-refractivity contribution is 7.84. The zero-order valence-corrected chi connectivity index (χ0v) is 10.1. The number of methoxy groups -OCH3 is 1. The van der Waals surface area contributed by atoms with Crippen LogP contribution >= 0.6 is 23.2 Å². The summed E-state index contributed by atoms with van der Waals surface area (Å²) in [6.45, 7) is 0. The van der Waals surface area contributed by atoms with E-state index >= 15 is 0 Å². The van der Waals surface area contributed by atoms with Crippen LogP contribution < -0.4 is 0 Å². The lowest BCUT2D eigenvalue weighted by molar-refractivity contribution is 0.0600. The quantitative estimate of drug-likeness (QED) is 0.460. The van der Waals surface area contributed by atoms with Gasteiger partial charge in [0.25, 0.3) is 0 Å². The molecule has 0 bridgehead atoms. The van der Waals surface area contributed by atoms with E-state index in [-0.39, 0.29) is 21.0 Å². The highest BCUT2D eigenvalue weighted by atomic mass is 35.5. The first kappa shape index (κ1) is 12.4. The molecule has 0 spiro atoms. The monoisotopic (exact) mass is 268 g/mol. The fourth-order valence-electron chi connectivity index (χ4n) is 0.789. The molecule has 0 saturated heterocycles. The number of hydrogen-bond acceptors (Lipinski definition) is 5. The van der Waals surface area contributed by atoms with Crippen LogP contribution in [0.4, 0.5) is 0 Å². The maximum absolute atomic E-state index is 11.2. The van der Waals surface area contributed by atoms with E-state index < -0.39 is 16.8 Å². The second-order valence-corrected chi connectivity index (χ2v) is 4.40. The van der Waals surface area contributed by atoms with E-state index in [1.165, 1.54) is 13.4 Å². The molecule has 0 radical (unpaired) electrons. The topological polar surface area (TPSA) is 69.2 Å². The van der Waals surface area contributed by atoms with Crippen LogP contribution in [0.25, 0.3) is 0 Å². The average molecular weight is 269 g/mol. The van der Waals surface area contributed by atoms with Crippen molar-refractivity contribution >= 4 is 40.0 Å². The minimum atomic E-state index is -1.42. The Hall–Kier alpha value is -0.720. The van der Waals surface area contributed by atoms with Gasteiger partial charge < -0.3 is 4.74 Å². The number of carbonyl (C=O) groups is 1. The molecule has 1 aromatic rings. The van der Waals surface area contributed by atoms with Gasteiger partial charge in [-0.3, -0.25) is 4.21 Å². The Morgan fingerprint density at radius 1 is 1.33 bits per heavy atom. The Kier molecular flexibility index (Phi) is 4.01. The fraction of sp³-hybridized carbons (Fsp3) is 0.286. The molecule has 0 aliphatic carbocycles. The minimum absolute atomic E-state index is 0.0300. The molecule has 0 aromatic carbocycles. The number of halogens is 2. The summed E-state index contributed by atoms with van der Waals surface area (Å²) < 4.78 is 15.5. The zero-order valence-electron chi connectivity index (χ0n) is 7.78. The van der Waals surface area contributed by atoms with E-state index in [0.717, 1.165) is 0 Å². The van der Waals surface area contributed by atoms with Crippen molar-refractivity contribution in [1.29, 1.82) is 0 Å². The van der Waals surface area contributed by atoms with Crippen LogP contribution in [-0.2, 0) is 15.5 Å². The SMILES string of the molecule is COC(=O)c1c(Cl)nc([S@@](C)=O)nc1Cl. The van der Waals surface area contributed by atoms with Crippen molar-refractivity contribution in [3.8, 4) is 0 Å². The lowest BCUT2D eigenvalue weighted by Crippen LogP contribution is -2.08. The molecule has 1 rings (SSSR count). The average Bonchev–Trinajstić information content (AvgIpc) is 2.16. The van der Waals surface area contributed by atoms with Gasteiger partial charge in [-0.05, 0) is 0 Å². The van der Waals surface area contributed by atoms with Gasteiger partial charge >= 0.3 is 5.97 Å². The molecular formula is C7H6Cl2N2O3S. The Labute approximate surface area is 98.2 Å². The molecule has 1 atom stereocenters. The van der Waals surface area contributed by atoms with E-state index in [2.05, 4.69) is 14.7 Å². The van der Waals surface area contributed by atoms with Crippen LogP contribution in [0, 0.1) is 0 Å². The number of ether oxygens (including phenoxy) is 1. The van der Waals surface area contributed by atoms with Crippen molar-refractivity contribution in [2.45, 2.75) is 5.16 Å². The Morgan fingerprint density at radius 3 is 2.13 bits per heavy atom. The third kappa shape index (κ3) is 2.64. The van der Waals surface area contributed by atoms with Crippen LogP contribution in [0.1, 0.15) is 10.4 Å². The molecule has 0 amide bonds. The largest absolute Gasteiger partial charge is 0.465 e. The fourth-order valence-corrected chi connectivity index (χ4v) is 1.87. The molecule has 1 heterocycles. The first-order chi connectivity index (χ1) is 6.97. The van der Waals surface area contributed by atoms with Gasteiger partial charge in [0, 0.05) is 6.26 Å². The van der Waals surface area contributed by atoms with Gasteiger partial charge in [-0.1, -0.05) is 23.2 Å². The number of aromatic nitrogens is 2. The summed E-state index contributed by atoms with van der Waals surface area (Å²) in [5, 5.41) is -0.378. The first-order valence-electron chi connectivity index (χ1n) is 3.62. The van der Waals surface area contributed by atoms with Crippen molar-refractivity contribution in [3.63, 3.8) is 0 Å². The predicted molar refractivity (Wildman–Crippen MR) is 55.7 cm³/mol. The number of esters is 1. The van der Waals surface area contributed by atoms with Crippen molar-refractivity contribution in [3.05, 3.63) is 15.9 Å². The van der Waals surface area contributed by atoms with Crippen molar-refractivity contribution in [1.82, 2.24) is 9.97 Å². The normalized spacial score (nSPS) is 12.3. The van der Waals surface area contributed by atoms with E-state index in [9.17, 15) is 9.00 Å². The van der Waals surface area contributed by atoms with Crippen LogP contribution in [0.2, 0.25) is 10.3 Å². The summed E-state index contributed by atoms with van der Waals surface area (Å²) in [6.07, 6.45) is 1.37. The maximum Gasteiger partial charge on any atom is 0.344 e. The number of carbonyl (C=O) groups excluding carboxylic acids is 1. The van der Waals surface area contributed by atoms with E-state index in [1.54, 1.807) is 0 Å². The van der Waals surface area contributed by atoms with Gasteiger partial charge in [0.1, 0.15) is 15.9 Å². The molecule has 8 heteroatoms. The van der Waals surface area contributed by atoms with E-state index in [4.69, 9.17) is 23.2 Å². The lowest BCUT2D eigenvalue weighted by Gasteiger charge is -2.04. The molecule has 1 aromatic heterocycles. The van der Waals surface area contributed by atoms with Gasteiger partial charge in [-0.2, -0.15) is 0 Å². The maximum atomic E-state index is 11.2. The highest BCUT2D eigenvalue weighted by Crippen LogP contribution is 2.22. The molecule has 0 unspecified atom stereocenters. The highest BCUT2D eigenvalue weighted by Gasteiger charge is 2.20. The molecule has 0 aliphatic heterocycles. The molecule has 0 saturated carbocycles. The first-order valence-corrected chi connectivity index (χ1v) is 5.93. The van der Waals surface area contributed by atoms with Crippen LogP contribution in [0.15, 0.2) is 5.16 Å². The number of rotatable bonds is 2. The standard InChI is InChI=1S/C7H6Cl2N2O3S/c1-14-6(12)3-4(8)10-7(15(2)13)11-5(3)9/h1-2H3/t15-/m1/s1. The van der Waals surface area contributed by atoms with E-state index in [0.29, 0.717) is 0 Å². The van der Waals surface area contributed by atoms with E-state index in [1.807, 2.05) is 0 Å². The summed E-state index contributed by atoms with van der Waals surface area (Å²) in [7, 11) is -0.235. The summed E-state index contributed by atoms with van der Waals surface area (Å²) >= 11 is 11.4. The second-order valence-electron chi connectivity index (χ2n) is 2.41. The van der Waals surface area contributed by atoms with Gasteiger partial charge in [0.2, 0.25) is 5.16 Å². The third-order valence-electron chi connectivity index (χ3n) is 1.45. The lowest BCUT2D eigenvalue weighted by atomic mass is 10.3.